The Morgan fingerprint density at radius 1 is 1.42 bits per heavy atom. The monoisotopic (exact) mass is 279 g/mol. The molecule has 2 heterocycles. The van der Waals surface area contributed by atoms with E-state index in [1.54, 1.807) is 0 Å². The molecule has 0 aromatic carbocycles. The van der Waals surface area contributed by atoms with Gasteiger partial charge in [-0.25, -0.2) is 4.98 Å². The first-order valence-electron chi connectivity index (χ1n) is 7.75. The number of anilines is 1. The molecule has 0 amide bonds. The summed E-state index contributed by atoms with van der Waals surface area (Å²) in [6.07, 6.45) is 9.11. The van der Waals surface area contributed by atoms with Crippen LogP contribution in [-0.4, -0.2) is 24.1 Å². The highest BCUT2D eigenvalue weighted by molar-refractivity contribution is 7.15. The molecule has 3 unspecified atom stereocenters. The molecule has 0 spiro atoms. The van der Waals surface area contributed by atoms with Crippen molar-refractivity contribution in [2.75, 3.05) is 18.0 Å². The highest BCUT2D eigenvalue weighted by atomic mass is 32.1. The van der Waals surface area contributed by atoms with E-state index in [9.17, 15) is 0 Å². The Morgan fingerprint density at radius 3 is 3.11 bits per heavy atom. The summed E-state index contributed by atoms with van der Waals surface area (Å²) in [5, 5.41) is 4.73. The van der Waals surface area contributed by atoms with E-state index in [0.29, 0.717) is 6.04 Å². The molecule has 0 bridgehead atoms. The summed E-state index contributed by atoms with van der Waals surface area (Å²) in [6.45, 7) is 6.63. The maximum Gasteiger partial charge on any atom is 0.185 e. The molecule has 3 rings (SSSR count). The summed E-state index contributed by atoms with van der Waals surface area (Å²) in [7, 11) is 0. The van der Waals surface area contributed by atoms with Crippen molar-refractivity contribution in [1.82, 2.24) is 10.3 Å². The van der Waals surface area contributed by atoms with E-state index in [2.05, 4.69) is 30.3 Å². The zero-order chi connectivity index (χ0) is 13.2. The third-order valence-electron chi connectivity index (χ3n) is 4.70. The van der Waals surface area contributed by atoms with Crippen LogP contribution in [0.3, 0.4) is 0 Å². The summed E-state index contributed by atoms with van der Waals surface area (Å²) < 4.78 is 0. The molecule has 1 N–H and O–H groups in total. The van der Waals surface area contributed by atoms with E-state index < -0.39 is 0 Å². The topological polar surface area (TPSA) is 28.2 Å². The van der Waals surface area contributed by atoms with Gasteiger partial charge < -0.3 is 10.2 Å². The van der Waals surface area contributed by atoms with Crippen LogP contribution in [0.5, 0.6) is 0 Å². The predicted octanol–water partition coefficient (Wildman–Crippen LogP) is 3.58. The van der Waals surface area contributed by atoms with Gasteiger partial charge in [0, 0.05) is 29.7 Å². The smallest absolute Gasteiger partial charge is 0.185 e. The van der Waals surface area contributed by atoms with Gasteiger partial charge >= 0.3 is 0 Å². The van der Waals surface area contributed by atoms with Crippen LogP contribution in [0.25, 0.3) is 0 Å². The third-order valence-corrected chi connectivity index (χ3v) is 5.92. The molecular weight excluding hydrogens is 254 g/mol. The van der Waals surface area contributed by atoms with Gasteiger partial charge in [0.15, 0.2) is 5.13 Å². The lowest BCUT2D eigenvalue weighted by Crippen LogP contribution is -2.34. The Bertz CT molecular complexity index is 417. The Morgan fingerprint density at radius 2 is 2.26 bits per heavy atom. The number of fused-ring (bicyclic) bond motifs is 1. The van der Waals surface area contributed by atoms with Gasteiger partial charge in [0.25, 0.3) is 0 Å². The molecule has 4 heteroatoms. The predicted molar refractivity (Wildman–Crippen MR) is 81.9 cm³/mol. The number of nitrogens with one attached hydrogen (secondary N) is 1. The fraction of sp³-hybridized carbons (Fsp3) is 0.800. The lowest BCUT2D eigenvalue weighted by atomic mass is 9.85. The fourth-order valence-corrected chi connectivity index (χ4v) is 4.69. The molecule has 19 heavy (non-hydrogen) atoms. The molecule has 1 saturated carbocycles. The lowest BCUT2D eigenvalue weighted by molar-refractivity contribution is 0.342. The first-order valence-corrected chi connectivity index (χ1v) is 8.57. The summed E-state index contributed by atoms with van der Waals surface area (Å²) in [6, 6.07) is 1.21. The van der Waals surface area contributed by atoms with E-state index in [4.69, 9.17) is 4.98 Å². The normalized spacial score (nSPS) is 28.4. The minimum atomic E-state index is 0.431. The zero-order valence-electron chi connectivity index (χ0n) is 12.1. The Kier molecular flexibility index (Phi) is 4.08. The molecule has 1 saturated heterocycles. The highest BCUT2D eigenvalue weighted by Gasteiger charge is 2.36. The van der Waals surface area contributed by atoms with Crippen molar-refractivity contribution in [2.24, 2.45) is 5.92 Å². The molecule has 1 aromatic rings. The Balaban J connectivity index is 1.72. The van der Waals surface area contributed by atoms with Crippen LogP contribution < -0.4 is 10.2 Å². The van der Waals surface area contributed by atoms with E-state index in [-0.39, 0.29) is 0 Å². The second-order valence-electron chi connectivity index (χ2n) is 5.92. The van der Waals surface area contributed by atoms with Crippen molar-refractivity contribution < 1.29 is 0 Å². The average molecular weight is 279 g/mol. The summed E-state index contributed by atoms with van der Waals surface area (Å²) in [5.74, 6) is 0.937. The molecular formula is C15H25N3S. The molecule has 1 aromatic heterocycles. The van der Waals surface area contributed by atoms with Gasteiger partial charge in [0.1, 0.15) is 0 Å². The first kappa shape index (κ1) is 13.4. The van der Waals surface area contributed by atoms with E-state index in [0.717, 1.165) is 18.5 Å². The van der Waals surface area contributed by atoms with Crippen LogP contribution in [0.4, 0.5) is 5.13 Å². The zero-order valence-corrected chi connectivity index (χ0v) is 12.9. The van der Waals surface area contributed by atoms with Crippen molar-refractivity contribution >= 4 is 16.5 Å². The van der Waals surface area contributed by atoms with Crippen LogP contribution in [0.15, 0.2) is 6.20 Å². The van der Waals surface area contributed by atoms with Crippen LogP contribution >= 0.6 is 11.3 Å². The van der Waals surface area contributed by atoms with E-state index >= 15 is 0 Å². The number of rotatable bonds is 4. The molecule has 106 valence electrons. The van der Waals surface area contributed by atoms with Crippen molar-refractivity contribution in [3.8, 4) is 0 Å². The number of hydrogen-bond donors (Lipinski definition) is 1. The van der Waals surface area contributed by atoms with E-state index in [1.807, 2.05) is 11.3 Å². The fourth-order valence-electron chi connectivity index (χ4n) is 3.66. The number of aromatic nitrogens is 1. The second-order valence-corrected chi connectivity index (χ2v) is 6.96. The molecule has 3 atom stereocenters. The summed E-state index contributed by atoms with van der Waals surface area (Å²) in [5.41, 5.74) is 0. The van der Waals surface area contributed by atoms with Crippen molar-refractivity contribution in [3.05, 3.63) is 11.1 Å². The minimum Gasteiger partial charge on any atom is -0.345 e. The standard InChI is InChI=1S/C15H25N3S/c1-3-16-11(2)14-10-17-15(19-14)18-9-8-12-6-4-5-7-13(12)18/h10-13,16H,3-9H2,1-2H3. The number of nitrogens with zero attached hydrogens (tertiary/aromatic N) is 2. The quantitative estimate of drug-likeness (QED) is 0.913. The van der Waals surface area contributed by atoms with Crippen molar-refractivity contribution in [3.63, 3.8) is 0 Å². The first-order chi connectivity index (χ1) is 9.29. The van der Waals surface area contributed by atoms with Gasteiger partial charge in [0.2, 0.25) is 0 Å². The maximum absolute atomic E-state index is 4.70. The second kappa shape index (κ2) is 5.80. The van der Waals surface area contributed by atoms with Gasteiger partial charge in [-0.15, -0.1) is 11.3 Å². The van der Waals surface area contributed by atoms with Gasteiger partial charge in [-0.2, -0.15) is 0 Å². The maximum atomic E-state index is 4.70. The van der Waals surface area contributed by atoms with Crippen LogP contribution in [0.2, 0.25) is 0 Å². The van der Waals surface area contributed by atoms with E-state index in [1.165, 1.54) is 48.7 Å². The molecule has 0 radical (unpaired) electrons. The molecule has 1 aliphatic heterocycles. The largest absolute Gasteiger partial charge is 0.345 e. The molecule has 3 nitrogen and oxygen atoms in total. The molecule has 2 fully saturated rings. The average Bonchev–Trinajstić information content (AvgIpc) is 3.05. The summed E-state index contributed by atoms with van der Waals surface area (Å²) in [4.78, 5) is 8.66. The van der Waals surface area contributed by atoms with Gasteiger partial charge in [-0.1, -0.05) is 19.8 Å². The van der Waals surface area contributed by atoms with Crippen molar-refractivity contribution in [1.29, 1.82) is 0 Å². The van der Waals surface area contributed by atoms with Gasteiger partial charge in [0.05, 0.1) is 0 Å². The third kappa shape index (κ3) is 2.65. The molecule has 1 aliphatic carbocycles. The molecule has 2 aliphatic rings. The lowest BCUT2D eigenvalue weighted by Gasteiger charge is -2.31. The van der Waals surface area contributed by atoms with Crippen LogP contribution in [0, 0.1) is 5.92 Å². The van der Waals surface area contributed by atoms with Crippen LogP contribution in [0.1, 0.15) is 56.9 Å². The van der Waals surface area contributed by atoms with Gasteiger partial charge in [-0.3, -0.25) is 0 Å². The number of hydrogen-bond acceptors (Lipinski definition) is 4. The van der Waals surface area contributed by atoms with Crippen LogP contribution in [-0.2, 0) is 0 Å². The SMILES string of the molecule is CCNC(C)c1cnc(N2CCC3CCCCC32)s1. The number of thiazole rings is 1. The Labute approximate surface area is 120 Å². The van der Waals surface area contributed by atoms with Gasteiger partial charge in [-0.05, 0) is 38.6 Å². The summed E-state index contributed by atoms with van der Waals surface area (Å²) >= 11 is 1.89. The van der Waals surface area contributed by atoms with Crippen molar-refractivity contribution in [2.45, 2.75) is 58.0 Å². The highest BCUT2D eigenvalue weighted by Crippen LogP contribution is 2.40. The minimum absolute atomic E-state index is 0.431. The Hall–Kier alpha value is -0.610.